The van der Waals surface area contributed by atoms with E-state index in [0.717, 1.165) is 6.20 Å². The molecule has 2 amide bonds. The summed E-state index contributed by atoms with van der Waals surface area (Å²) in [6.45, 7) is -0.475. The first-order valence-corrected chi connectivity index (χ1v) is 9.46. The van der Waals surface area contributed by atoms with E-state index >= 15 is 0 Å². The number of nitrogens with zero attached hydrogens (tertiary/aromatic N) is 2. The summed E-state index contributed by atoms with van der Waals surface area (Å²) < 4.78 is 117. The van der Waals surface area contributed by atoms with Crippen molar-refractivity contribution in [2.24, 2.45) is 11.3 Å². The Balaban J connectivity index is 1.55. The number of nitrogens with one attached hydrogen (secondary N) is 1. The Morgan fingerprint density at radius 1 is 1.06 bits per heavy atom. The molecule has 1 spiro atoms. The molecule has 1 aromatic heterocycles. The summed E-state index contributed by atoms with van der Waals surface area (Å²) in [4.78, 5) is 28.1. The molecule has 33 heavy (non-hydrogen) atoms. The van der Waals surface area contributed by atoms with Gasteiger partial charge in [0.2, 0.25) is 5.91 Å². The quantitative estimate of drug-likeness (QED) is 0.616. The van der Waals surface area contributed by atoms with Gasteiger partial charge in [-0.2, -0.15) is 39.5 Å². The lowest BCUT2D eigenvalue weighted by atomic mass is 9.91. The first-order chi connectivity index (χ1) is 15.0. The normalized spacial score (nSPS) is 20.7. The highest BCUT2D eigenvalue weighted by Crippen LogP contribution is 2.59. The van der Waals surface area contributed by atoms with Gasteiger partial charge in [0.05, 0.1) is 0 Å². The molecule has 1 aromatic rings. The maximum absolute atomic E-state index is 12.7. The molecule has 2 fully saturated rings. The van der Waals surface area contributed by atoms with Crippen molar-refractivity contribution in [1.82, 2.24) is 9.88 Å². The predicted octanol–water partition coefficient (Wildman–Crippen LogP) is 4.77. The molecular formula is C18H16F9N3O3. The van der Waals surface area contributed by atoms with Crippen molar-refractivity contribution in [2.45, 2.75) is 43.9 Å². The van der Waals surface area contributed by atoms with Gasteiger partial charge < -0.3 is 15.0 Å². The standard InChI is InChI=1S/C18H16F9N3O3/c19-16(20,21)11-7-9(1-4-28-11)29-12(31)10-8-15(10)2-5-30(6-3-15)14(32)33-13(17(22,23)24)18(25,26)27/h1,4,7,10,13H,2-3,5-6,8H2,(H,28,29,31)/t10-/m1/s1. The number of likely N-dealkylation sites (tertiary alicyclic amines) is 1. The number of anilines is 1. The average molecular weight is 493 g/mol. The number of carbonyl (C=O) groups is 2. The second kappa shape index (κ2) is 8.24. The number of hydrogen-bond acceptors (Lipinski definition) is 4. The molecule has 15 heteroatoms. The molecule has 184 valence electrons. The molecule has 0 aromatic carbocycles. The lowest BCUT2D eigenvalue weighted by molar-refractivity contribution is -0.308. The minimum atomic E-state index is -5.83. The molecule has 1 N–H and O–H groups in total. The van der Waals surface area contributed by atoms with Gasteiger partial charge in [-0.25, -0.2) is 4.79 Å². The fraction of sp³-hybridized carbons (Fsp3) is 0.611. The molecule has 1 atom stereocenters. The average Bonchev–Trinajstić information content (AvgIpc) is 3.37. The number of halogens is 9. The van der Waals surface area contributed by atoms with Crippen molar-refractivity contribution in [3.8, 4) is 0 Å². The Morgan fingerprint density at radius 2 is 1.64 bits per heavy atom. The molecule has 2 aliphatic rings. The Hall–Kier alpha value is -2.74. The lowest BCUT2D eigenvalue weighted by Gasteiger charge is -2.33. The van der Waals surface area contributed by atoms with Crippen molar-refractivity contribution < 1.29 is 53.8 Å². The summed E-state index contributed by atoms with van der Waals surface area (Å²) in [5.41, 5.74) is -1.97. The number of carbonyl (C=O) groups excluding carboxylic acids is 2. The first-order valence-electron chi connectivity index (χ1n) is 9.46. The van der Waals surface area contributed by atoms with Crippen LogP contribution in [-0.4, -0.2) is 53.4 Å². The minimum Gasteiger partial charge on any atom is -0.426 e. The van der Waals surface area contributed by atoms with E-state index in [0.29, 0.717) is 17.4 Å². The van der Waals surface area contributed by atoms with Gasteiger partial charge in [-0.15, -0.1) is 0 Å². The number of hydrogen-bond donors (Lipinski definition) is 1. The summed E-state index contributed by atoms with van der Waals surface area (Å²) in [7, 11) is 0. The smallest absolute Gasteiger partial charge is 0.426 e. The second-order valence-electron chi connectivity index (χ2n) is 7.87. The Morgan fingerprint density at radius 3 is 2.15 bits per heavy atom. The highest BCUT2D eigenvalue weighted by atomic mass is 19.4. The number of alkyl halides is 9. The molecule has 2 heterocycles. The number of amides is 2. The van der Waals surface area contributed by atoms with E-state index < -0.39 is 53.7 Å². The van der Waals surface area contributed by atoms with Gasteiger partial charge in [0.15, 0.2) is 0 Å². The van der Waals surface area contributed by atoms with Gasteiger partial charge in [0.25, 0.3) is 6.10 Å². The second-order valence-corrected chi connectivity index (χ2v) is 7.87. The molecule has 3 rings (SSSR count). The molecular weight excluding hydrogens is 477 g/mol. The number of piperidine rings is 1. The summed E-state index contributed by atoms with van der Waals surface area (Å²) in [5, 5.41) is 2.35. The molecule has 6 nitrogen and oxygen atoms in total. The van der Waals surface area contributed by atoms with Crippen LogP contribution in [0.3, 0.4) is 0 Å². The van der Waals surface area contributed by atoms with E-state index in [2.05, 4.69) is 15.0 Å². The monoisotopic (exact) mass is 493 g/mol. The minimum absolute atomic E-state index is 0.104. The van der Waals surface area contributed by atoms with Crippen LogP contribution in [0.1, 0.15) is 25.0 Å². The maximum Gasteiger partial charge on any atom is 0.434 e. The van der Waals surface area contributed by atoms with Crippen molar-refractivity contribution in [2.75, 3.05) is 18.4 Å². The zero-order chi connectivity index (χ0) is 24.8. The van der Waals surface area contributed by atoms with Crippen LogP contribution in [-0.2, 0) is 15.7 Å². The van der Waals surface area contributed by atoms with E-state index in [9.17, 15) is 49.1 Å². The third-order valence-electron chi connectivity index (χ3n) is 5.65. The van der Waals surface area contributed by atoms with Gasteiger partial charge in [0.1, 0.15) is 5.69 Å². The van der Waals surface area contributed by atoms with Crippen LogP contribution in [0.5, 0.6) is 0 Å². The fourth-order valence-electron chi connectivity index (χ4n) is 3.79. The fourth-order valence-corrected chi connectivity index (χ4v) is 3.79. The SMILES string of the molecule is O=C(Nc1ccnc(C(F)(F)F)c1)[C@H]1CC12CCN(C(=O)OC(C(F)(F)F)C(F)(F)F)CC2. The topological polar surface area (TPSA) is 71.5 Å². The first kappa shape index (κ1) is 24.9. The molecule has 1 aliphatic carbocycles. The zero-order valence-corrected chi connectivity index (χ0v) is 16.4. The van der Waals surface area contributed by atoms with E-state index in [-0.39, 0.29) is 31.6 Å². The van der Waals surface area contributed by atoms with E-state index in [1.807, 2.05) is 0 Å². The van der Waals surface area contributed by atoms with Gasteiger partial charge in [-0.3, -0.25) is 9.78 Å². The Bertz CT molecular complexity index is 892. The molecule has 1 saturated carbocycles. The number of aromatic nitrogens is 1. The van der Waals surface area contributed by atoms with Gasteiger partial charge in [0, 0.05) is 30.9 Å². The van der Waals surface area contributed by atoms with Crippen LogP contribution in [0, 0.1) is 11.3 Å². The third-order valence-corrected chi connectivity index (χ3v) is 5.65. The largest absolute Gasteiger partial charge is 0.434 e. The molecule has 0 unspecified atom stereocenters. The summed E-state index contributed by atoms with van der Waals surface area (Å²) in [5.74, 6) is -1.21. The van der Waals surface area contributed by atoms with Crippen LogP contribution in [0.2, 0.25) is 0 Å². The molecule has 1 saturated heterocycles. The third kappa shape index (κ3) is 5.61. The molecule has 1 aliphatic heterocycles. The van der Waals surface area contributed by atoms with E-state index in [1.54, 1.807) is 0 Å². The van der Waals surface area contributed by atoms with Crippen LogP contribution in [0.25, 0.3) is 0 Å². The van der Waals surface area contributed by atoms with Gasteiger partial charge in [-0.1, -0.05) is 0 Å². The summed E-state index contributed by atoms with van der Waals surface area (Å²) >= 11 is 0. The van der Waals surface area contributed by atoms with Crippen molar-refractivity contribution >= 4 is 17.7 Å². The van der Waals surface area contributed by atoms with Gasteiger partial charge in [-0.05, 0) is 36.8 Å². The molecule has 0 bridgehead atoms. The van der Waals surface area contributed by atoms with Crippen molar-refractivity contribution in [3.63, 3.8) is 0 Å². The van der Waals surface area contributed by atoms with Crippen molar-refractivity contribution in [3.05, 3.63) is 24.0 Å². The summed E-state index contributed by atoms with van der Waals surface area (Å²) in [6.07, 6.45) is -21.0. The van der Waals surface area contributed by atoms with Crippen LogP contribution in [0.4, 0.5) is 50.0 Å². The van der Waals surface area contributed by atoms with Gasteiger partial charge >= 0.3 is 24.6 Å². The highest BCUT2D eigenvalue weighted by Gasteiger charge is 2.61. The Labute approximate surface area is 180 Å². The summed E-state index contributed by atoms with van der Waals surface area (Å²) in [6, 6.07) is 1.82. The Kier molecular flexibility index (Phi) is 6.21. The van der Waals surface area contributed by atoms with Crippen LogP contribution < -0.4 is 5.32 Å². The van der Waals surface area contributed by atoms with E-state index in [4.69, 9.17) is 0 Å². The maximum atomic E-state index is 12.7. The van der Waals surface area contributed by atoms with Crippen molar-refractivity contribution in [1.29, 1.82) is 0 Å². The number of rotatable bonds is 3. The number of ether oxygens (including phenoxy) is 1. The van der Waals surface area contributed by atoms with Crippen LogP contribution in [0.15, 0.2) is 18.3 Å². The highest BCUT2D eigenvalue weighted by molar-refractivity contribution is 5.95. The number of pyridine rings is 1. The zero-order valence-electron chi connectivity index (χ0n) is 16.4. The van der Waals surface area contributed by atoms with Crippen LogP contribution >= 0.6 is 0 Å². The predicted molar refractivity (Wildman–Crippen MR) is 91.6 cm³/mol. The lowest BCUT2D eigenvalue weighted by Crippen LogP contribution is -2.49. The molecule has 0 radical (unpaired) electrons. The van der Waals surface area contributed by atoms with E-state index in [1.165, 1.54) is 6.07 Å².